The lowest BCUT2D eigenvalue weighted by Gasteiger charge is -2.13. The first-order chi connectivity index (χ1) is 7.17. The lowest BCUT2D eigenvalue weighted by molar-refractivity contribution is 0.190. The van der Waals surface area contributed by atoms with Crippen LogP contribution in [0.4, 0.5) is 5.82 Å². The molecule has 1 unspecified atom stereocenters. The molecule has 4 heteroatoms. The quantitative estimate of drug-likeness (QED) is 0.780. The van der Waals surface area contributed by atoms with E-state index in [1.54, 1.807) is 7.11 Å². The minimum absolute atomic E-state index is 0.305. The SMILES string of the molecule is CCCc1cc(NC(C)COC)n(C)n1. The molecule has 0 radical (unpaired) electrons. The zero-order chi connectivity index (χ0) is 11.3. The zero-order valence-corrected chi connectivity index (χ0v) is 10.1. The van der Waals surface area contributed by atoms with Gasteiger partial charge in [0.25, 0.3) is 0 Å². The molecule has 1 rings (SSSR count). The van der Waals surface area contributed by atoms with Crippen LogP contribution in [0.5, 0.6) is 0 Å². The highest BCUT2D eigenvalue weighted by atomic mass is 16.5. The highest BCUT2D eigenvalue weighted by Crippen LogP contribution is 2.11. The molecule has 0 aliphatic carbocycles. The fraction of sp³-hybridized carbons (Fsp3) is 0.727. The Labute approximate surface area is 91.6 Å². The second-order valence-electron chi connectivity index (χ2n) is 3.90. The van der Waals surface area contributed by atoms with Crippen molar-refractivity contribution in [2.75, 3.05) is 19.0 Å². The lowest BCUT2D eigenvalue weighted by Crippen LogP contribution is -2.22. The molecule has 0 saturated heterocycles. The molecule has 15 heavy (non-hydrogen) atoms. The van der Waals surface area contributed by atoms with Crippen molar-refractivity contribution in [1.82, 2.24) is 9.78 Å². The van der Waals surface area contributed by atoms with Crippen molar-refractivity contribution < 1.29 is 4.74 Å². The number of nitrogens with zero attached hydrogens (tertiary/aromatic N) is 2. The van der Waals surface area contributed by atoms with E-state index >= 15 is 0 Å². The van der Waals surface area contributed by atoms with Gasteiger partial charge in [-0.1, -0.05) is 13.3 Å². The van der Waals surface area contributed by atoms with Gasteiger partial charge < -0.3 is 10.1 Å². The zero-order valence-electron chi connectivity index (χ0n) is 10.1. The van der Waals surface area contributed by atoms with E-state index in [1.165, 1.54) is 0 Å². The minimum Gasteiger partial charge on any atom is -0.383 e. The van der Waals surface area contributed by atoms with Gasteiger partial charge in [0.15, 0.2) is 0 Å². The monoisotopic (exact) mass is 211 g/mol. The summed E-state index contributed by atoms with van der Waals surface area (Å²) >= 11 is 0. The van der Waals surface area contributed by atoms with Crippen molar-refractivity contribution in [2.45, 2.75) is 32.7 Å². The Morgan fingerprint density at radius 1 is 1.60 bits per heavy atom. The molecule has 1 heterocycles. The summed E-state index contributed by atoms with van der Waals surface area (Å²) in [5.74, 6) is 1.06. The average Bonchev–Trinajstić information content (AvgIpc) is 2.48. The fourth-order valence-corrected chi connectivity index (χ4v) is 1.58. The standard InChI is InChI=1S/C11H21N3O/c1-5-6-10-7-11(14(3)13-10)12-9(2)8-15-4/h7,9,12H,5-6,8H2,1-4H3. The second kappa shape index (κ2) is 5.75. The fourth-order valence-electron chi connectivity index (χ4n) is 1.58. The van der Waals surface area contributed by atoms with Crippen LogP contribution in [0.15, 0.2) is 6.07 Å². The molecule has 0 aliphatic heterocycles. The summed E-state index contributed by atoms with van der Waals surface area (Å²) in [5, 5.41) is 7.79. The van der Waals surface area contributed by atoms with Crippen molar-refractivity contribution in [3.63, 3.8) is 0 Å². The lowest BCUT2D eigenvalue weighted by atomic mass is 10.2. The van der Waals surface area contributed by atoms with Crippen LogP contribution in [-0.4, -0.2) is 29.5 Å². The first-order valence-electron chi connectivity index (χ1n) is 5.45. The van der Waals surface area contributed by atoms with Gasteiger partial charge in [-0.25, -0.2) is 0 Å². The second-order valence-corrected chi connectivity index (χ2v) is 3.90. The number of hydrogen-bond donors (Lipinski definition) is 1. The van der Waals surface area contributed by atoms with Crippen molar-refractivity contribution >= 4 is 5.82 Å². The Morgan fingerprint density at radius 2 is 2.33 bits per heavy atom. The first-order valence-corrected chi connectivity index (χ1v) is 5.45. The Kier molecular flexibility index (Phi) is 4.62. The molecule has 0 fully saturated rings. The first kappa shape index (κ1) is 12.0. The van der Waals surface area contributed by atoms with E-state index in [0.29, 0.717) is 12.6 Å². The molecule has 0 aliphatic rings. The number of aryl methyl sites for hydroxylation is 2. The van der Waals surface area contributed by atoms with Gasteiger partial charge in [-0.2, -0.15) is 5.10 Å². The van der Waals surface area contributed by atoms with Crippen molar-refractivity contribution in [3.05, 3.63) is 11.8 Å². The average molecular weight is 211 g/mol. The van der Waals surface area contributed by atoms with Gasteiger partial charge in [0.2, 0.25) is 0 Å². The third-order valence-corrected chi connectivity index (χ3v) is 2.25. The molecule has 1 aromatic rings. The maximum Gasteiger partial charge on any atom is 0.124 e. The van der Waals surface area contributed by atoms with Crippen LogP contribution in [0, 0.1) is 0 Å². The topological polar surface area (TPSA) is 39.1 Å². The highest BCUT2D eigenvalue weighted by molar-refractivity contribution is 5.37. The molecule has 0 saturated carbocycles. The van der Waals surface area contributed by atoms with Gasteiger partial charge in [0.1, 0.15) is 5.82 Å². The number of rotatable bonds is 6. The predicted molar refractivity (Wildman–Crippen MR) is 62.2 cm³/mol. The van der Waals surface area contributed by atoms with Crippen LogP contribution in [0.1, 0.15) is 26.0 Å². The molecule has 0 bridgehead atoms. The van der Waals surface area contributed by atoms with Crippen LogP contribution in [0.3, 0.4) is 0 Å². The van der Waals surface area contributed by atoms with Crippen LogP contribution in [-0.2, 0) is 18.2 Å². The van der Waals surface area contributed by atoms with E-state index in [2.05, 4.69) is 30.3 Å². The summed E-state index contributed by atoms with van der Waals surface area (Å²) in [6, 6.07) is 2.41. The number of ether oxygens (including phenoxy) is 1. The van der Waals surface area contributed by atoms with Gasteiger partial charge in [-0.3, -0.25) is 4.68 Å². The predicted octanol–water partition coefficient (Wildman–Crippen LogP) is 1.82. The molecule has 4 nitrogen and oxygen atoms in total. The summed E-state index contributed by atoms with van der Waals surface area (Å²) in [6.45, 7) is 4.96. The summed E-state index contributed by atoms with van der Waals surface area (Å²) in [4.78, 5) is 0. The number of nitrogens with one attached hydrogen (secondary N) is 1. The largest absolute Gasteiger partial charge is 0.383 e. The maximum atomic E-state index is 5.08. The van der Waals surface area contributed by atoms with E-state index in [1.807, 2.05) is 11.7 Å². The van der Waals surface area contributed by atoms with Gasteiger partial charge in [-0.05, 0) is 13.3 Å². The molecule has 0 amide bonds. The van der Waals surface area contributed by atoms with Crippen molar-refractivity contribution in [1.29, 1.82) is 0 Å². The minimum atomic E-state index is 0.305. The molecule has 1 aromatic heterocycles. The van der Waals surface area contributed by atoms with Gasteiger partial charge in [0.05, 0.1) is 12.3 Å². The van der Waals surface area contributed by atoms with E-state index in [-0.39, 0.29) is 0 Å². The van der Waals surface area contributed by atoms with E-state index < -0.39 is 0 Å². The third kappa shape index (κ3) is 3.55. The molecule has 1 atom stereocenters. The van der Waals surface area contributed by atoms with Gasteiger partial charge in [-0.15, -0.1) is 0 Å². The van der Waals surface area contributed by atoms with Crippen LogP contribution in [0.25, 0.3) is 0 Å². The molecule has 0 aromatic carbocycles. The molecular formula is C11H21N3O. The van der Waals surface area contributed by atoms with Crippen molar-refractivity contribution in [2.24, 2.45) is 7.05 Å². The summed E-state index contributed by atoms with van der Waals surface area (Å²) in [7, 11) is 3.67. The van der Waals surface area contributed by atoms with E-state index in [4.69, 9.17) is 4.74 Å². The third-order valence-electron chi connectivity index (χ3n) is 2.25. The van der Waals surface area contributed by atoms with Crippen LogP contribution >= 0.6 is 0 Å². The summed E-state index contributed by atoms with van der Waals surface area (Å²) in [6.07, 6.45) is 2.16. The van der Waals surface area contributed by atoms with Crippen LogP contribution < -0.4 is 5.32 Å². The Hall–Kier alpha value is -1.03. The molecule has 86 valence electrons. The summed E-state index contributed by atoms with van der Waals surface area (Å²) in [5.41, 5.74) is 1.15. The normalized spacial score (nSPS) is 12.8. The highest BCUT2D eigenvalue weighted by Gasteiger charge is 2.07. The number of aromatic nitrogens is 2. The molecule has 0 spiro atoms. The summed E-state index contributed by atoms with van der Waals surface area (Å²) < 4.78 is 6.96. The maximum absolute atomic E-state index is 5.08. The van der Waals surface area contributed by atoms with Crippen LogP contribution in [0.2, 0.25) is 0 Å². The number of hydrogen-bond acceptors (Lipinski definition) is 3. The molecular weight excluding hydrogens is 190 g/mol. The van der Waals surface area contributed by atoms with Gasteiger partial charge >= 0.3 is 0 Å². The van der Waals surface area contributed by atoms with E-state index in [9.17, 15) is 0 Å². The Morgan fingerprint density at radius 3 is 2.93 bits per heavy atom. The van der Waals surface area contributed by atoms with Crippen molar-refractivity contribution in [3.8, 4) is 0 Å². The van der Waals surface area contributed by atoms with E-state index in [0.717, 1.165) is 24.4 Å². The number of anilines is 1. The molecule has 1 N–H and O–H groups in total. The van der Waals surface area contributed by atoms with Gasteiger partial charge in [0, 0.05) is 26.3 Å². The smallest absolute Gasteiger partial charge is 0.124 e. The Bertz CT molecular complexity index is 296. The Balaban J connectivity index is 2.60. The number of methoxy groups -OCH3 is 1.